The molecule has 0 saturated carbocycles. The zero-order chi connectivity index (χ0) is 17.6. The lowest BCUT2D eigenvalue weighted by Crippen LogP contribution is -2.48. The Labute approximate surface area is 145 Å². The third-order valence-corrected chi connectivity index (χ3v) is 4.36. The number of piperazine rings is 1. The fourth-order valence-corrected chi connectivity index (χ4v) is 2.93. The number of carbonyl (C=O) groups excluding carboxylic acids is 1. The molecule has 0 radical (unpaired) electrons. The average Bonchev–Trinajstić information content (AvgIpc) is 3.11. The summed E-state index contributed by atoms with van der Waals surface area (Å²) >= 11 is 0. The number of nitrogens with zero attached hydrogens (tertiary/aromatic N) is 5. The molecule has 1 aliphatic rings. The summed E-state index contributed by atoms with van der Waals surface area (Å²) in [4.78, 5) is 26.7. The van der Waals surface area contributed by atoms with Crippen molar-refractivity contribution in [3.63, 3.8) is 0 Å². The van der Waals surface area contributed by atoms with Gasteiger partial charge in [0.1, 0.15) is 12.4 Å². The maximum atomic E-state index is 12.3. The highest BCUT2D eigenvalue weighted by Crippen LogP contribution is 2.11. The molecular weight excluding hydrogens is 322 g/mol. The van der Waals surface area contributed by atoms with Crippen LogP contribution >= 0.6 is 0 Å². The first-order chi connectivity index (χ1) is 12.1. The number of nitro groups is 1. The van der Waals surface area contributed by atoms with Crippen molar-refractivity contribution >= 4 is 11.6 Å². The molecule has 132 valence electrons. The molecule has 8 nitrogen and oxygen atoms in total. The van der Waals surface area contributed by atoms with E-state index in [1.165, 1.54) is 22.6 Å². The molecule has 0 aliphatic carbocycles. The molecule has 0 spiro atoms. The Balaban J connectivity index is 1.42. The quantitative estimate of drug-likeness (QED) is 0.586. The van der Waals surface area contributed by atoms with E-state index >= 15 is 0 Å². The Morgan fingerprint density at radius 2 is 1.88 bits per heavy atom. The van der Waals surface area contributed by atoms with Crippen LogP contribution in [0, 0.1) is 10.1 Å². The molecule has 2 heterocycles. The monoisotopic (exact) mass is 343 g/mol. The van der Waals surface area contributed by atoms with Gasteiger partial charge in [-0.15, -0.1) is 0 Å². The number of hydrogen-bond acceptors (Lipinski definition) is 5. The maximum absolute atomic E-state index is 12.3. The Morgan fingerprint density at radius 1 is 1.16 bits per heavy atom. The molecule has 0 N–H and O–H groups in total. The molecule has 2 aromatic rings. The summed E-state index contributed by atoms with van der Waals surface area (Å²) in [5.41, 5.74) is 1.23. The van der Waals surface area contributed by atoms with Gasteiger partial charge in [0, 0.05) is 45.7 Å². The van der Waals surface area contributed by atoms with Crippen LogP contribution in [-0.2, 0) is 17.9 Å². The van der Waals surface area contributed by atoms with E-state index in [-0.39, 0.29) is 11.6 Å². The van der Waals surface area contributed by atoms with E-state index in [1.54, 1.807) is 0 Å². The summed E-state index contributed by atoms with van der Waals surface area (Å²) in [6.45, 7) is 4.40. The minimum Gasteiger partial charge on any atom is -0.340 e. The second-order valence-corrected chi connectivity index (χ2v) is 6.11. The third kappa shape index (κ3) is 4.63. The summed E-state index contributed by atoms with van der Waals surface area (Å²) in [6, 6.07) is 10.3. The number of amides is 1. The van der Waals surface area contributed by atoms with Gasteiger partial charge >= 0.3 is 5.69 Å². The molecule has 3 rings (SSSR count). The normalized spacial score (nSPS) is 15.3. The number of carbonyl (C=O) groups is 1. The average molecular weight is 343 g/mol. The summed E-state index contributed by atoms with van der Waals surface area (Å²) < 4.78 is 1.45. The summed E-state index contributed by atoms with van der Waals surface area (Å²) in [5, 5.41) is 14.5. The summed E-state index contributed by atoms with van der Waals surface area (Å²) in [6.07, 6.45) is 2.86. The van der Waals surface area contributed by atoms with Crippen LogP contribution in [0.15, 0.2) is 42.7 Å². The second-order valence-electron chi connectivity index (χ2n) is 6.11. The van der Waals surface area contributed by atoms with Crippen molar-refractivity contribution in [1.82, 2.24) is 19.6 Å². The minimum absolute atomic E-state index is 0.0537. The number of benzene rings is 1. The van der Waals surface area contributed by atoms with E-state index in [2.05, 4.69) is 22.1 Å². The van der Waals surface area contributed by atoms with E-state index in [1.807, 2.05) is 23.1 Å². The fourth-order valence-electron chi connectivity index (χ4n) is 2.93. The molecule has 0 unspecified atom stereocenters. The topological polar surface area (TPSA) is 84.5 Å². The molecule has 0 bridgehead atoms. The van der Waals surface area contributed by atoms with Gasteiger partial charge in [-0.05, 0) is 5.56 Å². The van der Waals surface area contributed by atoms with E-state index in [4.69, 9.17) is 0 Å². The molecule has 1 amide bonds. The third-order valence-electron chi connectivity index (χ3n) is 4.36. The van der Waals surface area contributed by atoms with Crippen molar-refractivity contribution < 1.29 is 9.72 Å². The lowest BCUT2D eigenvalue weighted by molar-refractivity contribution is -0.385. The van der Waals surface area contributed by atoms with Crippen LogP contribution in [0.2, 0.25) is 0 Å². The Morgan fingerprint density at radius 3 is 2.52 bits per heavy atom. The SMILES string of the molecule is O=C(CCn1cc([N+](=O)[O-])cn1)N1CCN(Cc2ccccc2)CC1. The number of hydrogen-bond donors (Lipinski definition) is 0. The van der Waals surface area contributed by atoms with Crippen LogP contribution in [0.3, 0.4) is 0 Å². The predicted octanol–water partition coefficient (Wildman–Crippen LogP) is 1.53. The van der Waals surface area contributed by atoms with Crippen molar-refractivity contribution in [2.75, 3.05) is 26.2 Å². The van der Waals surface area contributed by atoms with Crippen molar-refractivity contribution in [2.24, 2.45) is 0 Å². The van der Waals surface area contributed by atoms with Gasteiger partial charge in [-0.3, -0.25) is 24.5 Å². The zero-order valence-electron chi connectivity index (χ0n) is 14.0. The van der Waals surface area contributed by atoms with Crippen LogP contribution < -0.4 is 0 Å². The van der Waals surface area contributed by atoms with Gasteiger partial charge in [0.2, 0.25) is 5.91 Å². The highest BCUT2D eigenvalue weighted by atomic mass is 16.6. The van der Waals surface area contributed by atoms with E-state index in [0.29, 0.717) is 26.1 Å². The van der Waals surface area contributed by atoms with E-state index < -0.39 is 4.92 Å². The van der Waals surface area contributed by atoms with Crippen LogP contribution in [0.4, 0.5) is 5.69 Å². The zero-order valence-corrected chi connectivity index (χ0v) is 14.0. The number of aryl methyl sites for hydroxylation is 1. The number of aromatic nitrogens is 2. The molecule has 1 saturated heterocycles. The molecule has 1 fully saturated rings. The van der Waals surface area contributed by atoms with E-state index in [0.717, 1.165) is 19.6 Å². The standard InChI is InChI=1S/C17H21N5O3/c23-17(6-7-21-14-16(12-18-21)22(24)25)20-10-8-19(9-11-20)13-15-4-2-1-3-5-15/h1-5,12,14H,6-11,13H2. The number of rotatable bonds is 6. The van der Waals surface area contributed by atoms with Crippen LogP contribution in [-0.4, -0.2) is 56.6 Å². The van der Waals surface area contributed by atoms with Gasteiger partial charge in [-0.1, -0.05) is 30.3 Å². The van der Waals surface area contributed by atoms with Crippen LogP contribution in [0.25, 0.3) is 0 Å². The fraction of sp³-hybridized carbons (Fsp3) is 0.412. The lowest BCUT2D eigenvalue weighted by atomic mass is 10.2. The van der Waals surface area contributed by atoms with Crippen LogP contribution in [0.1, 0.15) is 12.0 Å². The molecule has 0 atom stereocenters. The van der Waals surface area contributed by atoms with Gasteiger partial charge in [0.05, 0.1) is 4.92 Å². The maximum Gasteiger partial charge on any atom is 0.306 e. The van der Waals surface area contributed by atoms with Gasteiger partial charge in [-0.25, -0.2) is 0 Å². The second kappa shape index (κ2) is 7.89. The first-order valence-electron chi connectivity index (χ1n) is 8.33. The Hall–Kier alpha value is -2.74. The summed E-state index contributed by atoms with van der Waals surface area (Å²) in [7, 11) is 0. The first kappa shape index (κ1) is 17.1. The highest BCUT2D eigenvalue weighted by molar-refractivity contribution is 5.76. The Bertz CT molecular complexity index is 723. The van der Waals surface area contributed by atoms with Gasteiger partial charge < -0.3 is 4.90 Å². The largest absolute Gasteiger partial charge is 0.340 e. The molecule has 25 heavy (non-hydrogen) atoms. The molecular formula is C17H21N5O3. The van der Waals surface area contributed by atoms with E-state index in [9.17, 15) is 14.9 Å². The van der Waals surface area contributed by atoms with Gasteiger partial charge in [-0.2, -0.15) is 5.10 Å². The van der Waals surface area contributed by atoms with Gasteiger partial charge in [0.15, 0.2) is 0 Å². The van der Waals surface area contributed by atoms with Crippen molar-refractivity contribution in [1.29, 1.82) is 0 Å². The predicted molar refractivity (Wildman–Crippen MR) is 91.8 cm³/mol. The molecule has 1 aromatic carbocycles. The van der Waals surface area contributed by atoms with Crippen molar-refractivity contribution in [2.45, 2.75) is 19.5 Å². The van der Waals surface area contributed by atoms with Crippen LogP contribution in [0.5, 0.6) is 0 Å². The lowest BCUT2D eigenvalue weighted by Gasteiger charge is -2.34. The van der Waals surface area contributed by atoms with Crippen molar-refractivity contribution in [3.8, 4) is 0 Å². The van der Waals surface area contributed by atoms with Crippen molar-refractivity contribution in [3.05, 3.63) is 58.4 Å². The Kier molecular flexibility index (Phi) is 5.39. The minimum atomic E-state index is -0.489. The first-order valence-corrected chi connectivity index (χ1v) is 8.33. The molecule has 1 aliphatic heterocycles. The molecule has 8 heteroatoms. The van der Waals surface area contributed by atoms with Gasteiger partial charge in [0.25, 0.3) is 0 Å². The molecule has 1 aromatic heterocycles. The highest BCUT2D eigenvalue weighted by Gasteiger charge is 2.21. The summed E-state index contributed by atoms with van der Waals surface area (Å²) in [5.74, 6) is 0.0671. The smallest absolute Gasteiger partial charge is 0.306 e.